The molecule has 0 unspecified atom stereocenters. The average Bonchev–Trinajstić information content (AvgIpc) is 2.90. The van der Waals surface area contributed by atoms with Gasteiger partial charge in [0.2, 0.25) is 0 Å². The zero-order valence-electron chi connectivity index (χ0n) is 11.6. The molecular formula is C18H12N2O2. The van der Waals surface area contributed by atoms with E-state index in [1.54, 1.807) is 4.40 Å². The van der Waals surface area contributed by atoms with E-state index in [-0.39, 0.29) is 5.56 Å². The van der Waals surface area contributed by atoms with Crippen LogP contribution < -0.4 is 5.56 Å². The van der Waals surface area contributed by atoms with Gasteiger partial charge in [-0.1, -0.05) is 48.5 Å². The van der Waals surface area contributed by atoms with Crippen molar-refractivity contribution < 1.29 is 4.79 Å². The smallest absolute Gasteiger partial charge is 0.273 e. The highest BCUT2D eigenvalue weighted by molar-refractivity contribution is 6.05. The SMILES string of the molecule is O=Cc1c2ccccc2n2cc(-c3ccccc3)[nH]c(=O)c12. The molecule has 0 spiro atoms. The van der Waals surface area contributed by atoms with Crippen LogP contribution in [0.5, 0.6) is 0 Å². The van der Waals surface area contributed by atoms with Crippen LogP contribution in [-0.4, -0.2) is 15.7 Å². The van der Waals surface area contributed by atoms with Crippen molar-refractivity contribution in [2.45, 2.75) is 0 Å². The zero-order valence-corrected chi connectivity index (χ0v) is 11.6. The van der Waals surface area contributed by atoms with Crippen molar-refractivity contribution in [2.24, 2.45) is 0 Å². The molecule has 0 aliphatic heterocycles. The second kappa shape index (κ2) is 4.70. The third-order valence-electron chi connectivity index (χ3n) is 3.87. The van der Waals surface area contributed by atoms with Crippen LogP contribution in [0.2, 0.25) is 0 Å². The van der Waals surface area contributed by atoms with E-state index in [1.165, 1.54) is 0 Å². The molecule has 0 aliphatic carbocycles. The minimum absolute atomic E-state index is 0.264. The minimum atomic E-state index is -0.264. The van der Waals surface area contributed by atoms with Crippen LogP contribution in [0.1, 0.15) is 10.4 Å². The van der Waals surface area contributed by atoms with Crippen molar-refractivity contribution in [3.05, 3.63) is 76.7 Å². The molecular weight excluding hydrogens is 276 g/mol. The van der Waals surface area contributed by atoms with Gasteiger partial charge in [-0.05, 0) is 11.6 Å². The summed E-state index contributed by atoms with van der Waals surface area (Å²) in [5, 5.41) is 0.785. The van der Waals surface area contributed by atoms with E-state index < -0.39 is 0 Å². The normalized spacial score (nSPS) is 11.1. The monoisotopic (exact) mass is 288 g/mol. The number of H-pyrrole nitrogens is 1. The highest BCUT2D eigenvalue weighted by Gasteiger charge is 2.15. The van der Waals surface area contributed by atoms with E-state index in [2.05, 4.69) is 4.98 Å². The molecule has 4 rings (SSSR count). The molecule has 22 heavy (non-hydrogen) atoms. The maximum absolute atomic E-state index is 12.5. The minimum Gasteiger partial charge on any atom is -0.319 e. The number of benzene rings is 2. The van der Waals surface area contributed by atoms with Crippen molar-refractivity contribution in [3.8, 4) is 11.3 Å². The van der Waals surface area contributed by atoms with Crippen LogP contribution >= 0.6 is 0 Å². The number of carbonyl (C=O) groups is 1. The first kappa shape index (κ1) is 12.6. The van der Waals surface area contributed by atoms with Gasteiger partial charge in [0.1, 0.15) is 5.52 Å². The molecule has 2 heterocycles. The average molecular weight is 288 g/mol. The Morgan fingerprint density at radius 1 is 0.955 bits per heavy atom. The van der Waals surface area contributed by atoms with Crippen LogP contribution in [0.3, 0.4) is 0 Å². The highest BCUT2D eigenvalue weighted by Crippen LogP contribution is 2.25. The standard InChI is InChI=1S/C18H12N2O2/c21-11-14-13-8-4-5-9-16(13)20-10-15(19-18(22)17(14)20)12-6-2-1-3-7-12/h1-11H,(H,19,22). The summed E-state index contributed by atoms with van der Waals surface area (Å²) in [6, 6.07) is 17.2. The first-order chi connectivity index (χ1) is 10.8. The van der Waals surface area contributed by atoms with Crippen LogP contribution in [0, 0.1) is 0 Å². The summed E-state index contributed by atoms with van der Waals surface area (Å²) >= 11 is 0. The van der Waals surface area contributed by atoms with Crippen molar-refractivity contribution in [3.63, 3.8) is 0 Å². The van der Waals surface area contributed by atoms with Crippen LogP contribution in [0.4, 0.5) is 0 Å². The van der Waals surface area contributed by atoms with Crippen LogP contribution in [0.15, 0.2) is 65.6 Å². The number of aromatic amines is 1. The van der Waals surface area contributed by atoms with E-state index in [1.807, 2.05) is 60.8 Å². The second-order valence-electron chi connectivity index (χ2n) is 5.13. The Bertz CT molecular complexity index is 1060. The maximum atomic E-state index is 12.5. The fourth-order valence-corrected chi connectivity index (χ4v) is 2.88. The molecule has 0 atom stereocenters. The summed E-state index contributed by atoms with van der Waals surface area (Å²) in [5.74, 6) is 0. The first-order valence-electron chi connectivity index (χ1n) is 6.96. The molecule has 4 heteroatoms. The summed E-state index contributed by atoms with van der Waals surface area (Å²) in [4.78, 5) is 26.8. The Kier molecular flexibility index (Phi) is 2.69. The van der Waals surface area contributed by atoms with E-state index in [4.69, 9.17) is 0 Å². The fraction of sp³-hybridized carbons (Fsp3) is 0. The summed E-state index contributed by atoms with van der Waals surface area (Å²) in [6.07, 6.45) is 2.61. The number of rotatable bonds is 2. The lowest BCUT2D eigenvalue weighted by Gasteiger charge is -2.04. The predicted molar refractivity (Wildman–Crippen MR) is 86.3 cm³/mol. The number of aromatic nitrogens is 2. The molecule has 4 nitrogen and oxygen atoms in total. The van der Waals surface area contributed by atoms with Gasteiger partial charge in [-0.3, -0.25) is 9.59 Å². The summed E-state index contributed by atoms with van der Waals surface area (Å²) in [6.45, 7) is 0. The van der Waals surface area contributed by atoms with Gasteiger partial charge in [0.05, 0.1) is 16.8 Å². The van der Waals surface area contributed by atoms with Gasteiger partial charge >= 0.3 is 0 Å². The fourth-order valence-electron chi connectivity index (χ4n) is 2.88. The molecule has 0 fully saturated rings. The number of carbonyl (C=O) groups excluding carboxylic acids is 1. The van der Waals surface area contributed by atoms with E-state index in [0.29, 0.717) is 11.1 Å². The van der Waals surface area contributed by atoms with Gasteiger partial charge in [-0.15, -0.1) is 0 Å². The molecule has 0 saturated heterocycles. The van der Waals surface area contributed by atoms with Gasteiger partial charge in [0.25, 0.3) is 5.56 Å². The quantitative estimate of drug-likeness (QED) is 0.576. The molecule has 2 aromatic heterocycles. The Morgan fingerprint density at radius 2 is 1.68 bits per heavy atom. The van der Waals surface area contributed by atoms with Crippen LogP contribution in [-0.2, 0) is 0 Å². The summed E-state index contributed by atoms with van der Waals surface area (Å²) in [5.41, 5.74) is 3.04. The molecule has 4 aromatic rings. The molecule has 0 saturated carbocycles. The third-order valence-corrected chi connectivity index (χ3v) is 3.87. The largest absolute Gasteiger partial charge is 0.319 e. The topological polar surface area (TPSA) is 54.3 Å². The van der Waals surface area contributed by atoms with Gasteiger partial charge in [0.15, 0.2) is 6.29 Å². The number of fused-ring (bicyclic) bond motifs is 3. The van der Waals surface area contributed by atoms with Crippen molar-refractivity contribution in [2.75, 3.05) is 0 Å². The lowest BCUT2D eigenvalue weighted by molar-refractivity contribution is 0.112. The molecule has 106 valence electrons. The lowest BCUT2D eigenvalue weighted by atomic mass is 10.1. The van der Waals surface area contributed by atoms with Gasteiger partial charge in [-0.2, -0.15) is 0 Å². The second-order valence-corrected chi connectivity index (χ2v) is 5.13. The number of para-hydroxylation sites is 1. The Morgan fingerprint density at radius 3 is 2.45 bits per heavy atom. The van der Waals surface area contributed by atoms with Gasteiger partial charge in [0, 0.05) is 11.6 Å². The first-order valence-corrected chi connectivity index (χ1v) is 6.96. The summed E-state index contributed by atoms with van der Waals surface area (Å²) < 4.78 is 1.79. The van der Waals surface area contributed by atoms with Crippen molar-refractivity contribution in [1.29, 1.82) is 0 Å². The number of hydrogen-bond donors (Lipinski definition) is 1. The number of hydrogen-bond acceptors (Lipinski definition) is 2. The van der Waals surface area contributed by atoms with Crippen molar-refractivity contribution in [1.82, 2.24) is 9.38 Å². The van der Waals surface area contributed by atoms with Crippen molar-refractivity contribution >= 4 is 22.7 Å². The molecule has 0 radical (unpaired) electrons. The van der Waals surface area contributed by atoms with Gasteiger partial charge < -0.3 is 9.38 Å². The molecule has 2 aromatic carbocycles. The highest BCUT2D eigenvalue weighted by atomic mass is 16.1. The number of nitrogens with zero attached hydrogens (tertiary/aromatic N) is 1. The van der Waals surface area contributed by atoms with Crippen LogP contribution in [0.25, 0.3) is 27.7 Å². The third kappa shape index (κ3) is 1.71. The molecule has 1 N–H and O–H groups in total. The van der Waals surface area contributed by atoms with E-state index >= 15 is 0 Å². The van der Waals surface area contributed by atoms with E-state index in [9.17, 15) is 9.59 Å². The Labute approximate surface area is 125 Å². The molecule has 0 aliphatic rings. The van der Waals surface area contributed by atoms with Gasteiger partial charge in [-0.25, -0.2) is 0 Å². The predicted octanol–water partition coefficient (Wildman–Crippen LogP) is 3.26. The Balaban J connectivity index is 2.17. The van der Waals surface area contributed by atoms with E-state index in [0.717, 1.165) is 28.4 Å². The lowest BCUT2D eigenvalue weighted by Crippen LogP contribution is -2.11. The summed E-state index contributed by atoms with van der Waals surface area (Å²) in [7, 11) is 0. The number of aldehydes is 1. The molecule has 0 amide bonds. The Hall–Kier alpha value is -3.14. The maximum Gasteiger partial charge on any atom is 0.273 e. The zero-order chi connectivity index (χ0) is 15.1. The molecule has 0 bridgehead atoms. The number of nitrogens with one attached hydrogen (secondary N) is 1.